The fourth-order valence-electron chi connectivity index (χ4n) is 9.80. The zero-order chi connectivity index (χ0) is 41.5. The molecule has 6 heterocycles. The summed E-state index contributed by atoms with van der Waals surface area (Å²) in [6.07, 6.45) is 4.18. The molecule has 4 aliphatic heterocycles. The molecule has 14 heteroatoms. The highest BCUT2D eigenvalue weighted by Gasteiger charge is 2.31. The largest absolute Gasteiger partial charge is 0.507 e. The Bertz CT molecular complexity index is 2430. The molecule has 3 aromatic carbocycles. The van der Waals surface area contributed by atoms with Gasteiger partial charge in [0.1, 0.15) is 11.9 Å². The van der Waals surface area contributed by atoms with E-state index in [1.54, 1.807) is 23.1 Å². The van der Waals surface area contributed by atoms with Crippen molar-refractivity contribution in [3.05, 3.63) is 95.2 Å². The average molecular weight is 812 g/mol. The molecule has 0 aliphatic carbocycles. The minimum absolute atomic E-state index is 0.0781. The first-order chi connectivity index (χ1) is 29.1. The number of aryl methyl sites for hydroxylation is 2. The summed E-state index contributed by atoms with van der Waals surface area (Å²) in [4.78, 5) is 46.7. The molecule has 1 atom stereocenters. The second kappa shape index (κ2) is 16.6. The third-order valence-electron chi connectivity index (χ3n) is 13.0. The van der Waals surface area contributed by atoms with Crippen LogP contribution in [-0.4, -0.2) is 106 Å². The highest BCUT2D eigenvalue weighted by atomic mass is 16.5. The number of nitrogens with two attached hydrogens (primary N) is 1. The first-order valence-corrected chi connectivity index (χ1v) is 21.2. The standard InChI is InChI=1S/C46H53N9O5/c1-29-24-32(10-11-34(29)42-28-53(22-23-60-42)40-26-37(49-50-44(40)47)35-6-3-4-9-41(35)56)45(58)52-19-12-31(13-20-52)27-51-17-14-33(15-18-51)55-30(2)25-36-38(7-5-8-39(36)55)54-21-16-43(57)48-46(54)59/h3-11,24-26,31,33,42,56H,12-23,27-28H2,1-2H3,(H2,47,50)(H,48,57,59)/t42-/m1/s1. The number of anilines is 3. The van der Waals surface area contributed by atoms with Crippen LogP contribution in [0.15, 0.2) is 72.8 Å². The zero-order valence-corrected chi connectivity index (χ0v) is 34.3. The second-order valence-corrected chi connectivity index (χ2v) is 16.8. The Morgan fingerprint density at radius 1 is 0.883 bits per heavy atom. The summed E-state index contributed by atoms with van der Waals surface area (Å²) in [5, 5.41) is 22.4. The van der Waals surface area contributed by atoms with Crippen LogP contribution in [0.2, 0.25) is 0 Å². The van der Waals surface area contributed by atoms with Crippen molar-refractivity contribution in [1.29, 1.82) is 0 Å². The highest BCUT2D eigenvalue weighted by molar-refractivity contribution is 6.09. The maximum Gasteiger partial charge on any atom is 0.328 e. The number of hydrogen-bond donors (Lipinski definition) is 3. The number of aromatic nitrogens is 3. The van der Waals surface area contributed by atoms with Crippen LogP contribution in [0.4, 0.5) is 22.0 Å². The van der Waals surface area contributed by atoms with Crippen molar-refractivity contribution in [1.82, 2.24) is 29.9 Å². The first kappa shape index (κ1) is 39.5. The van der Waals surface area contributed by atoms with Gasteiger partial charge in [-0.2, -0.15) is 0 Å². The molecule has 4 saturated heterocycles. The minimum atomic E-state index is -0.356. The molecular formula is C46H53N9O5. The molecule has 0 unspecified atom stereocenters. The molecule has 4 amide bonds. The van der Waals surface area contributed by atoms with Crippen LogP contribution in [0.3, 0.4) is 0 Å². The monoisotopic (exact) mass is 811 g/mol. The summed E-state index contributed by atoms with van der Waals surface area (Å²) >= 11 is 0. The van der Waals surface area contributed by atoms with E-state index in [4.69, 9.17) is 10.5 Å². The van der Waals surface area contributed by atoms with Gasteiger partial charge in [-0.1, -0.05) is 24.3 Å². The third-order valence-corrected chi connectivity index (χ3v) is 13.0. The summed E-state index contributed by atoms with van der Waals surface area (Å²) in [6, 6.07) is 23.2. The van der Waals surface area contributed by atoms with Gasteiger partial charge in [-0.25, -0.2) is 4.79 Å². The van der Waals surface area contributed by atoms with E-state index < -0.39 is 0 Å². The zero-order valence-electron chi connectivity index (χ0n) is 34.3. The Labute approximate surface area is 349 Å². The molecule has 4 N–H and O–H groups in total. The van der Waals surface area contributed by atoms with E-state index >= 15 is 0 Å². The SMILES string of the molecule is Cc1cc(C(=O)N2CCC(CN3CCC(n4c(C)cc5c(N6CCC(=O)NC6=O)cccc54)CC3)CC2)ccc1[C@H]1CN(c2cc(-c3ccccc3O)nnc2N)CCO1. The van der Waals surface area contributed by atoms with Gasteiger partial charge in [0.05, 0.1) is 29.2 Å². The smallest absolute Gasteiger partial charge is 0.328 e. The molecule has 0 bridgehead atoms. The minimum Gasteiger partial charge on any atom is -0.507 e. The fraction of sp³-hybridized carbons (Fsp3) is 0.413. The summed E-state index contributed by atoms with van der Waals surface area (Å²) in [6.45, 7) is 10.9. The van der Waals surface area contributed by atoms with Gasteiger partial charge in [0.2, 0.25) is 5.91 Å². The number of phenolic OH excluding ortho intramolecular Hbond substituents is 1. The molecule has 4 aliphatic rings. The molecule has 9 rings (SSSR count). The Kier molecular flexibility index (Phi) is 10.9. The van der Waals surface area contributed by atoms with Gasteiger partial charge in [-0.3, -0.25) is 19.8 Å². The molecule has 4 fully saturated rings. The lowest BCUT2D eigenvalue weighted by Gasteiger charge is -2.38. The highest BCUT2D eigenvalue weighted by Crippen LogP contribution is 2.37. The van der Waals surface area contributed by atoms with E-state index in [1.165, 1.54) is 5.69 Å². The fourth-order valence-corrected chi connectivity index (χ4v) is 9.80. The number of nitrogens with zero attached hydrogens (tertiary/aromatic N) is 7. The number of urea groups is 1. The van der Waals surface area contributed by atoms with E-state index in [0.717, 1.165) is 91.8 Å². The van der Waals surface area contributed by atoms with E-state index in [2.05, 4.69) is 48.9 Å². The van der Waals surface area contributed by atoms with Gasteiger partial charge < -0.3 is 34.8 Å². The molecule has 60 heavy (non-hydrogen) atoms. The van der Waals surface area contributed by atoms with Crippen LogP contribution in [0.25, 0.3) is 22.2 Å². The number of imide groups is 1. The Balaban J connectivity index is 0.777. The lowest BCUT2D eigenvalue weighted by atomic mass is 9.93. The predicted octanol–water partition coefficient (Wildman–Crippen LogP) is 6.22. The predicted molar refractivity (Wildman–Crippen MR) is 231 cm³/mol. The molecule has 312 valence electrons. The van der Waals surface area contributed by atoms with Crippen molar-refractivity contribution in [2.45, 2.75) is 58.1 Å². The van der Waals surface area contributed by atoms with Gasteiger partial charge in [-0.15, -0.1) is 10.2 Å². The normalized spacial score (nSPS) is 19.9. The Morgan fingerprint density at radius 3 is 2.45 bits per heavy atom. The molecule has 0 radical (unpaired) electrons. The molecule has 0 saturated carbocycles. The van der Waals surface area contributed by atoms with Crippen LogP contribution in [0.1, 0.15) is 71.4 Å². The molecular weight excluding hydrogens is 759 g/mol. The van der Waals surface area contributed by atoms with E-state index in [9.17, 15) is 19.5 Å². The van der Waals surface area contributed by atoms with Crippen LogP contribution < -0.4 is 20.9 Å². The summed E-state index contributed by atoms with van der Waals surface area (Å²) < 4.78 is 8.71. The van der Waals surface area contributed by atoms with Crippen molar-refractivity contribution < 1.29 is 24.2 Å². The first-order valence-electron chi connectivity index (χ1n) is 21.2. The van der Waals surface area contributed by atoms with E-state index in [1.807, 2.05) is 54.3 Å². The number of piperidine rings is 2. The lowest BCUT2D eigenvalue weighted by molar-refractivity contribution is -0.120. The number of rotatable bonds is 8. The van der Waals surface area contributed by atoms with E-state index in [-0.39, 0.29) is 29.7 Å². The van der Waals surface area contributed by atoms with Crippen molar-refractivity contribution in [2.75, 3.05) is 74.5 Å². The number of morpholine rings is 1. The second-order valence-electron chi connectivity index (χ2n) is 16.8. The van der Waals surface area contributed by atoms with Crippen LogP contribution in [0, 0.1) is 19.8 Å². The number of phenols is 1. The lowest BCUT2D eigenvalue weighted by Crippen LogP contribution is -2.49. The van der Waals surface area contributed by atoms with Gasteiger partial charge in [0.15, 0.2) is 5.82 Å². The van der Waals surface area contributed by atoms with Gasteiger partial charge in [-0.05, 0) is 105 Å². The van der Waals surface area contributed by atoms with Gasteiger partial charge in [0, 0.05) is 87.0 Å². The number of hydrogen-bond acceptors (Lipinski definition) is 10. The van der Waals surface area contributed by atoms with Crippen LogP contribution in [0.5, 0.6) is 5.75 Å². The number of fused-ring (bicyclic) bond motifs is 1. The number of nitrogen functional groups attached to an aromatic ring is 1. The number of amides is 4. The van der Waals surface area contributed by atoms with Crippen molar-refractivity contribution in [3.63, 3.8) is 0 Å². The maximum absolute atomic E-state index is 13.8. The van der Waals surface area contributed by atoms with Crippen molar-refractivity contribution in [3.8, 4) is 17.0 Å². The van der Waals surface area contributed by atoms with Crippen molar-refractivity contribution in [2.24, 2.45) is 5.92 Å². The summed E-state index contributed by atoms with van der Waals surface area (Å²) in [7, 11) is 0. The average Bonchev–Trinajstić information content (AvgIpc) is 3.60. The molecule has 0 spiro atoms. The number of benzene rings is 3. The van der Waals surface area contributed by atoms with Gasteiger partial charge >= 0.3 is 6.03 Å². The number of ether oxygens (including phenoxy) is 1. The van der Waals surface area contributed by atoms with E-state index in [0.29, 0.717) is 67.3 Å². The number of para-hydroxylation sites is 1. The third kappa shape index (κ3) is 7.77. The molecule has 5 aromatic rings. The number of nitrogens with one attached hydrogen (secondary N) is 1. The maximum atomic E-state index is 13.8. The van der Waals surface area contributed by atoms with Crippen LogP contribution in [-0.2, 0) is 9.53 Å². The number of carbonyl (C=O) groups is 3. The van der Waals surface area contributed by atoms with Crippen LogP contribution >= 0.6 is 0 Å². The quantitative estimate of drug-likeness (QED) is 0.164. The number of likely N-dealkylation sites (tertiary alicyclic amines) is 2. The number of carbonyl (C=O) groups excluding carboxylic acids is 3. The number of aromatic hydroxyl groups is 1. The summed E-state index contributed by atoms with van der Waals surface area (Å²) in [5.74, 6) is 0.858. The summed E-state index contributed by atoms with van der Waals surface area (Å²) in [5.41, 5.74) is 14.1. The molecule has 14 nitrogen and oxygen atoms in total. The van der Waals surface area contributed by atoms with Crippen molar-refractivity contribution >= 4 is 45.9 Å². The van der Waals surface area contributed by atoms with Gasteiger partial charge in [0.25, 0.3) is 5.91 Å². The Hall–Kier alpha value is -5.99. The molecule has 2 aromatic heterocycles. The topological polar surface area (TPSA) is 162 Å². The Morgan fingerprint density at radius 2 is 1.68 bits per heavy atom.